The SMILES string of the molecule is COc1ccc(OC)c(CC(C(=O)Nc2ccccc2C)c2nn[nH]n2)c1. The van der Waals surface area contributed by atoms with Gasteiger partial charge in [0.2, 0.25) is 5.91 Å². The highest BCUT2D eigenvalue weighted by atomic mass is 16.5. The van der Waals surface area contributed by atoms with Crippen molar-refractivity contribution in [2.75, 3.05) is 19.5 Å². The number of rotatable bonds is 7. The third kappa shape index (κ3) is 4.22. The summed E-state index contributed by atoms with van der Waals surface area (Å²) in [5, 5.41) is 17.0. The quantitative estimate of drug-likeness (QED) is 0.665. The van der Waals surface area contributed by atoms with Crippen molar-refractivity contribution >= 4 is 11.6 Å². The van der Waals surface area contributed by atoms with Gasteiger partial charge in [-0.1, -0.05) is 23.4 Å². The summed E-state index contributed by atoms with van der Waals surface area (Å²) in [6.45, 7) is 1.93. The molecule has 0 bridgehead atoms. The minimum atomic E-state index is -0.649. The molecule has 1 atom stereocenters. The van der Waals surface area contributed by atoms with Gasteiger partial charge in [-0.2, -0.15) is 5.21 Å². The largest absolute Gasteiger partial charge is 0.497 e. The molecule has 1 aromatic heterocycles. The van der Waals surface area contributed by atoms with Gasteiger partial charge in [0.25, 0.3) is 0 Å². The van der Waals surface area contributed by atoms with Crippen LogP contribution in [0, 0.1) is 6.92 Å². The van der Waals surface area contributed by atoms with Crippen molar-refractivity contribution in [1.82, 2.24) is 20.6 Å². The van der Waals surface area contributed by atoms with E-state index >= 15 is 0 Å². The lowest BCUT2D eigenvalue weighted by molar-refractivity contribution is -0.117. The molecular weight excluding hydrogens is 346 g/mol. The molecule has 0 radical (unpaired) electrons. The van der Waals surface area contributed by atoms with E-state index in [9.17, 15) is 4.79 Å². The van der Waals surface area contributed by atoms with Crippen LogP contribution in [0.5, 0.6) is 11.5 Å². The summed E-state index contributed by atoms with van der Waals surface area (Å²) in [4.78, 5) is 13.0. The van der Waals surface area contributed by atoms with Gasteiger partial charge in [0, 0.05) is 5.69 Å². The molecule has 0 spiro atoms. The van der Waals surface area contributed by atoms with Crippen LogP contribution in [0.15, 0.2) is 42.5 Å². The fourth-order valence-electron chi connectivity index (χ4n) is 2.81. The van der Waals surface area contributed by atoms with Crippen molar-refractivity contribution in [3.05, 3.63) is 59.4 Å². The number of carbonyl (C=O) groups is 1. The zero-order valence-corrected chi connectivity index (χ0v) is 15.4. The number of tetrazole rings is 1. The predicted molar refractivity (Wildman–Crippen MR) is 100.0 cm³/mol. The van der Waals surface area contributed by atoms with Crippen LogP contribution in [0.1, 0.15) is 22.9 Å². The predicted octanol–water partition coefficient (Wildman–Crippen LogP) is 2.49. The van der Waals surface area contributed by atoms with Crippen LogP contribution in [0.4, 0.5) is 5.69 Å². The number of ether oxygens (including phenoxy) is 2. The summed E-state index contributed by atoms with van der Waals surface area (Å²) in [7, 11) is 3.18. The number of hydrogen-bond donors (Lipinski definition) is 2. The molecule has 140 valence electrons. The van der Waals surface area contributed by atoms with Crippen molar-refractivity contribution in [3.8, 4) is 11.5 Å². The van der Waals surface area contributed by atoms with E-state index in [0.717, 1.165) is 16.8 Å². The van der Waals surface area contributed by atoms with Gasteiger partial charge < -0.3 is 14.8 Å². The van der Waals surface area contributed by atoms with Crippen molar-refractivity contribution in [1.29, 1.82) is 0 Å². The molecular formula is C19H21N5O3. The van der Waals surface area contributed by atoms with Gasteiger partial charge in [0.15, 0.2) is 5.82 Å². The number of amides is 1. The van der Waals surface area contributed by atoms with E-state index < -0.39 is 5.92 Å². The van der Waals surface area contributed by atoms with Crippen LogP contribution >= 0.6 is 0 Å². The molecule has 2 N–H and O–H groups in total. The standard InChI is InChI=1S/C19H21N5O3/c1-12-6-4-5-7-16(12)20-19(25)15(18-21-23-24-22-18)11-13-10-14(26-2)8-9-17(13)27-3/h4-10,15H,11H2,1-3H3,(H,20,25)(H,21,22,23,24). The number of aryl methyl sites for hydroxylation is 1. The van der Waals surface area contributed by atoms with Crippen molar-refractivity contribution in [2.45, 2.75) is 19.3 Å². The molecule has 0 saturated heterocycles. The lowest BCUT2D eigenvalue weighted by Gasteiger charge is -2.17. The lowest BCUT2D eigenvalue weighted by atomic mass is 9.96. The van der Waals surface area contributed by atoms with Crippen molar-refractivity contribution in [3.63, 3.8) is 0 Å². The number of anilines is 1. The van der Waals surface area contributed by atoms with Gasteiger partial charge >= 0.3 is 0 Å². The Morgan fingerprint density at radius 3 is 2.67 bits per heavy atom. The van der Waals surface area contributed by atoms with E-state index in [1.807, 2.05) is 37.3 Å². The number of nitrogens with zero attached hydrogens (tertiary/aromatic N) is 3. The second kappa shape index (κ2) is 8.31. The van der Waals surface area contributed by atoms with Crippen LogP contribution in [0.25, 0.3) is 0 Å². The van der Waals surface area contributed by atoms with E-state index in [4.69, 9.17) is 9.47 Å². The molecule has 0 aliphatic carbocycles. The Kier molecular flexibility index (Phi) is 5.65. The number of methoxy groups -OCH3 is 2. The normalized spacial score (nSPS) is 11.7. The van der Waals surface area contributed by atoms with Crippen molar-refractivity contribution in [2.24, 2.45) is 0 Å². The molecule has 8 nitrogen and oxygen atoms in total. The van der Waals surface area contributed by atoms with Crippen LogP contribution in [-0.2, 0) is 11.2 Å². The van der Waals surface area contributed by atoms with Gasteiger partial charge in [0.1, 0.15) is 17.4 Å². The van der Waals surface area contributed by atoms with Gasteiger partial charge in [-0.3, -0.25) is 4.79 Å². The summed E-state index contributed by atoms with van der Waals surface area (Å²) < 4.78 is 10.7. The highest BCUT2D eigenvalue weighted by molar-refractivity contribution is 5.96. The number of aromatic amines is 1. The fourth-order valence-corrected chi connectivity index (χ4v) is 2.81. The Labute approximate surface area is 156 Å². The maximum atomic E-state index is 13.0. The maximum Gasteiger partial charge on any atom is 0.235 e. The van der Waals surface area contributed by atoms with E-state index in [2.05, 4.69) is 25.9 Å². The van der Waals surface area contributed by atoms with Gasteiger partial charge in [0.05, 0.1) is 14.2 Å². The molecule has 3 rings (SSSR count). The second-order valence-corrected chi connectivity index (χ2v) is 6.01. The van der Waals surface area contributed by atoms with E-state index in [1.54, 1.807) is 26.4 Å². The molecule has 1 heterocycles. The molecule has 27 heavy (non-hydrogen) atoms. The third-order valence-corrected chi connectivity index (χ3v) is 4.30. The molecule has 3 aromatic rings. The highest BCUT2D eigenvalue weighted by Gasteiger charge is 2.27. The molecule has 0 aliphatic rings. The van der Waals surface area contributed by atoms with Gasteiger partial charge in [-0.25, -0.2) is 0 Å². The summed E-state index contributed by atoms with van der Waals surface area (Å²) in [6, 6.07) is 13.0. The van der Waals surface area contributed by atoms with Crippen LogP contribution in [0.3, 0.4) is 0 Å². The second-order valence-electron chi connectivity index (χ2n) is 6.01. The minimum Gasteiger partial charge on any atom is -0.497 e. The summed E-state index contributed by atoms with van der Waals surface area (Å²) in [6.07, 6.45) is 0.331. The molecule has 0 fully saturated rings. The van der Waals surface area contributed by atoms with E-state index in [-0.39, 0.29) is 5.91 Å². The van der Waals surface area contributed by atoms with E-state index in [1.165, 1.54) is 0 Å². The third-order valence-electron chi connectivity index (χ3n) is 4.30. The number of benzene rings is 2. The molecule has 0 aliphatic heterocycles. The van der Waals surface area contributed by atoms with E-state index in [0.29, 0.717) is 23.7 Å². The first kappa shape index (κ1) is 18.4. The monoisotopic (exact) mass is 367 g/mol. The molecule has 8 heteroatoms. The molecule has 2 aromatic carbocycles. The van der Waals surface area contributed by atoms with Crippen LogP contribution < -0.4 is 14.8 Å². The molecule has 1 unspecified atom stereocenters. The summed E-state index contributed by atoms with van der Waals surface area (Å²) >= 11 is 0. The summed E-state index contributed by atoms with van der Waals surface area (Å²) in [5.41, 5.74) is 2.52. The maximum absolute atomic E-state index is 13.0. The highest BCUT2D eigenvalue weighted by Crippen LogP contribution is 2.29. The zero-order valence-electron chi connectivity index (χ0n) is 15.4. The average Bonchev–Trinajstić information content (AvgIpc) is 3.22. The Hall–Kier alpha value is -3.42. The topological polar surface area (TPSA) is 102 Å². The number of H-pyrrole nitrogens is 1. The number of nitrogens with one attached hydrogen (secondary N) is 2. The minimum absolute atomic E-state index is 0.226. The van der Waals surface area contributed by atoms with Gasteiger partial charge in [-0.05, 0) is 48.7 Å². The lowest BCUT2D eigenvalue weighted by Crippen LogP contribution is -2.24. The Bertz CT molecular complexity index is 911. The molecule has 1 amide bonds. The number of aromatic nitrogens is 4. The average molecular weight is 367 g/mol. The first-order valence-electron chi connectivity index (χ1n) is 8.43. The number of hydrogen-bond acceptors (Lipinski definition) is 6. The van der Waals surface area contributed by atoms with Crippen molar-refractivity contribution < 1.29 is 14.3 Å². The first-order valence-corrected chi connectivity index (χ1v) is 8.43. The Morgan fingerprint density at radius 1 is 1.19 bits per heavy atom. The van der Waals surface area contributed by atoms with Crippen LogP contribution in [-0.4, -0.2) is 40.8 Å². The number of carbonyl (C=O) groups excluding carboxylic acids is 1. The number of para-hydroxylation sites is 1. The summed E-state index contributed by atoms with van der Waals surface area (Å²) in [5.74, 6) is 0.774. The Balaban J connectivity index is 1.91. The Morgan fingerprint density at radius 2 is 2.00 bits per heavy atom. The van der Waals surface area contributed by atoms with Crippen LogP contribution in [0.2, 0.25) is 0 Å². The smallest absolute Gasteiger partial charge is 0.235 e. The first-order chi connectivity index (χ1) is 13.1. The zero-order chi connectivity index (χ0) is 19.2. The van der Waals surface area contributed by atoms with Gasteiger partial charge in [-0.15, -0.1) is 10.2 Å². The molecule has 0 saturated carbocycles. The fraction of sp³-hybridized carbons (Fsp3) is 0.263.